The smallest absolute Gasteiger partial charge is 0.164 e. The minimum Gasteiger partial charge on any atom is -0.394 e. The minimum absolute atomic E-state index is 0.217. The first kappa shape index (κ1) is 44.6. The molecule has 0 amide bonds. The maximum absolute atomic E-state index is 13.0. The molecule has 2 unspecified atom stereocenters. The largest absolute Gasteiger partial charge is 0.394 e. The highest BCUT2D eigenvalue weighted by molar-refractivity contribution is 7.89. The zero-order chi connectivity index (χ0) is 33.2. The molecule has 45 heavy (non-hydrogen) atoms. The summed E-state index contributed by atoms with van der Waals surface area (Å²) in [5, 5.41) is 29.9. The average molecular weight is 657 g/mol. The second-order valence-corrected chi connectivity index (χ2v) is 16.0. The first-order valence-corrected chi connectivity index (χ1v) is 21.2. The third kappa shape index (κ3) is 28.4. The molecule has 0 aromatic carbocycles. The van der Waals surface area contributed by atoms with E-state index in [-0.39, 0.29) is 23.9 Å². The standard InChI is InChI=1S/C39H77O5P/c1-3-5-7-9-11-13-15-17-19-21-23-25-27-29-31-33-37(42)45(39(44)36(41)35-40)38(43)34-32-30-28-26-24-22-20-18-16-14-12-10-8-6-4-2/h36,39-41,44H,3-35H2,1-2H3. The lowest BCUT2D eigenvalue weighted by Gasteiger charge is -2.24. The maximum atomic E-state index is 13.0. The third-order valence-electron chi connectivity index (χ3n) is 9.32. The van der Waals surface area contributed by atoms with Gasteiger partial charge in [0.15, 0.2) is 11.0 Å². The summed E-state index contributed by atoms with van der Waals surface area (Å²) in [4.78, 5) is 26.0. The molecule has 0 fully saturated rings. The molecule has 5 nitrogen and oxygen atoms in total. The van der Waals surface area contributed by atoms with E-state index in [1.54, 1.807) is 0 Å². The molecule has 0 rings (SSSR count). The Kier molecular flexibility index (Phi) is 34.7. The summed E-state index contributed by atoms with van der Waals surface area (Å²) in [5.74, 6) is -1.46. The van der Waals surface area contributed by atoms with E-state index in [0.717, 1.165) is 38.5 Å². The summed E-state index contributed by atoms with van der Waals surface area (Å²) in [6.07, 6.45) is 36.7. The van der Waals surface area contributed by atoms with Crippen LogP contribution in [0.2, 0.25) is 0 Å². The Labute approximate surface area is 281 Å². The zero-order valence-corrected chi connectivity index (χ0v) is 31.0. The molecule has 0 heterocycles. The van der Waals surface area contributed by atoms with Crippen molar-refractivity contribution in [2.24, 2.45) is 0 Å². The van der Waals surface area contributed by atoms with Gasteiger partial charge in [0.05, 0.1) is 14.5 Å². The van der Waals surface area contributed by atoms with Crippen LogP contribution in [0, 0.1) is 0 Å². The van der Waals surface area contributed by atoms with Crippen LogP contribution in [0.5, 0.6) is 0 Å². The Balaban J connectivity index is 3.98. The van der Waals surface area contributed by atoms with Gasteiger partial charge in [0.25, 0.3) is 0 Å². The monoisotopic (exact) mass is 657 g/mol. The van der Waals surface area contributed by atoms with Gasteiger partial charge in [-0.1, -0.05) is 194 Å². The number of aliphatic hydroxyl groups is 3. The Morgan fingerprint density at radius 2 is 0.644 bits per heavy atom. The topological polar surface area (TPSA) is 94.8 Å². The van der Waals surface area contributed by atoms with Crippen LogP contribution in [0.15, 0.2) is 0 Å². The Morgan fingerprint density at radius 3 is 0.867 bits per heavy atom. The lowest BCUT2D eigenvalue weighted by molar-refractivity contribution is -0.115. The van der Waals surface area contributed by atoms with E-state index in [9.17, 15) is 24.9 Å². The van der Waals surface area contributed by atoms with Gasteiger partial charge < -0.3 is 15.3 Å². The molecule has 0 saturated carbocycles. The summed E-state index contributed by atoms with van der Waals surface area (Å²) >= 11 is 0. The van der Waals surface area contributed by atoms with Crippen LogP contribution in [-0.2, 0) is 9.59 Å². The summed E-state index contributed by atoms with van der Waals surface area (Å²) < 4.78 is 0. The van der Waals surface area contributed by atoms with Gasteiger partial charge >= 0.3 is 0 Å². The van der Waals surface area contributed by atoms with Crippen LogP contribution < -0.4 is 0 Å². The van der Waals surface area contributed by atoms with Crippen molar-refractivity contribution in [3.63, 3.8) is 0 Å². The SMILES string of the molecule is CCCCCCCCCCCCCCCCCC(=O)P(C(=O)CCCCCCCCCCCCCCCCC)C(O)C(O)CO. The number of unbranched alkanes of at least 4 members (excludes halogenated alkanes) is 28. The second-order valence-electron chi connectivity index (χ2n) is 13.7. The van der Waals surface area contributed by atoms with E-state index in [0.29, 0.717) is 0 Å². The Hall–Kier alpha value is -0.350. The molecule has 0 aliphatic rings. The molecular formula is C39H77O5P. The summed E-state index contributed by atoms with van der Waals surface area (Å²) in [6, 6.07) is 0. The maximum Gasteiger partial charge on any atom is 0.164 e. The van der Waals surface area contributed by atoms with Crippen LogP contribution in [-0.4, -0.2) is 44.9 Å². The molecule has 0 radical (unpaired) electrons. The van der Waals surface area contributed by atoms with Crippen LogP contribution in [0.1, 0.15) is 219 Å². The second kappa shape index (κ2) is 35.0. The highest BCUT2D eigenvalue weighted by Gasteiger charge is 2.36. The number of aliphatic hydroxyl groups excluding tert-OH is 3. The molecular weight excluding hydrogens is 579 g/mol. The van der Waals surface area contributed by atoms with E-state index >= 15 is 0 Å². The van der Waals surface area contributed by atoms with Crippen molar-refractivity contribution < 1.29 is 24.9 Å². The highest BCUT2D eigenvalue weighted by atomic mass is 31.1. The van der Waals surface area contributed by atoms with Crippen molar-refractivity contribution in [3.05, 3.63) is 0 Å². The number of hydrogen-bond donors (Lipinski definition) is 3. The number of hydrogen-bond acceptors (Lipinski definition) is 5. The quantitative estimate of drug-likeness (QED) is 0.0457. The number of carbonyl (C=O) groups is 2. The van der Waals surface area contributed by atoms with Crippen molar-refractivity contribution in [2.45, 2.75) is 231 Å². The van der Waals surface area contributed by atoms with Gasteiger partial charge in [0.1, 0.15) is 11.9 Å². The van der Waals surface area contributed by atoms with Crippen LogP contribution in [0.3, 0.4) is 0 Å². The van der Waals surface area contributed by atoms with Crippen molar-refractivity contribution >= 4 is 19.0 Å². The Bertz CT molecular complexity index is 597. The van der Waals surface area contributed by atoms with Gasteiger partial charge in [0, 0.05) is 12.8 Å². The fraction of sp³-hybridized carbons (Fsp3) is 0.949. The molecule has 0 bridgehead atoms. The first-order chi connectivity index (χ1) is 22.0. The van der Waals surface area contributed by atoms with Crippen LogP contribution >= 0.6 is 7.92 Å². The van der Waals surface area contributed by atoms with Gasteiger partial charge in [-0.15, -0.1) is 0 Å². The molecule has 3 N–H and O–H groups in total. The predicted molar refractivity (Wildman–Crippen MR) is 195 cm³/mol. The van der Waals surface area contributed by atoms with Gasteiger partial charge in [0.2, 0.25) is 0 Å². The lowest BCUT2D eigenvalue weighted by Crippen LogP contribution is -2.31. The van der Waals surface area contributed by atoms with Gasteiger partial charge in [-0.3, -0.25) is 9.59 Å². The summed E-state index contributed by atoms with van der Waals surface area (Å²) in [7, 11) is -2.01. The van der Waals surface area contributed by atoms with E-state index in [2.05, 4.69) is 13.8 Å². The fourth-order valence-corrected chi connectivity index (χ4v) is 8.34. The Morgan fingerprint density at radius 1 is 0.422 bits per heavy atom. The predicted octanol–water partition coefficient (Wildman–Crippen LogP) is 11.7. The van der Waals surface area contributed by atoms with Crippen molar-refractivity contribution in [1.82, 2.24) is 0 Å². The molecule has 0 aromatic rings. The summed E-state index contributed by atoms with van der Waals surface area (Å²) in [6.45, 7) is 3.89. The average Bonchev–Trinajstić information content (AvgIpc) is 3.04. The lowest BCUT2D eigenvalue weighted by atomic mass is 10.0. The van der Waals surface area contributed by atoms with Crippen LogP contribution in [0.4, 0.5) is 0 Å². The molecule has 6 heteroatoms. The number of rotatable bonds is 37. The minimum atomic E-state index is -2.01. The summed E-state index contributed by atoms with van der Waals surface area (Å²) in [5.41, 5.74) is -0.434. The normalized spacial score (nSPS) is 13.0. The number of carbonyl (C=O) groups excluding carboxylic acids is 2. The molecule has 0 spiro atoms. The van der Waals surface area contributed by atoms with Gasteiger partial charge in [-0.25, -0.2) is 0 Å². The molecule has 268 valence electrons. The van der Waals surface area contributed by atoms with Crippen molar-refractivity contribution in [1.29, 1.82) is 0 Å². The van der Waals surface area contributed by atoms with Gasteiger partial charge in [-0.2, -0.15) is 0 Å². The third-order valence-corrected chi connectivity index (χ3v) is 11.7. The molecule has 0 aromatic heterocycles. The molecule has 0 aliphatic heterocycles. The fourth-order valence-electron chi connectivity index (χ4n) is 6.24. The first-order valence-electron chi connectivity index (χ1n) is 19.8. The van der Waals surface area contributed by atoms with E-state index in [4.69, 9.17) is 0 Å². The van der Waals surface area contributed by atoms with Crippen molar-refractivity contribution in [2.75, 3.05) is 6.61 Å². The molecule has 0 saturated heterocycles. The van der Waals surface area contributed by atoms with Crippen LogP contribution in [0.25, 0.3) is 0 Å². The van der Waals surface area contributed by atoms with Gasteiger partial charge in [-0.05, 0) is 12.8 Å². The van der Waals surface area contributed by atoms with Crippen molar-refractivity contribution in [3.8, 4) is 0 Å². The highest BCUT2D eigenvalue weighted by Crippen LogP contribution is 2.46. The zero-order valence-electron chi connectivity index (χ0n) is 30.1. The molecule has 2 atom stereocenters. The van der Waals surface area contributed by atoms with E-state index < -0.39 is 26.5 Å². The van der Waals surface area contributed by atoms with E-state index in [1.165, 1.54) is 154 Å². The van der Waals surface area contributed by atoms with E-state index in [1.807, 2.05) is 0 Å². The molecule has 0 aliphatic carbocycles.